The van der Waals surface area contributed by atoms with Crippen molar-refractivity contribution in [2.45, 2.75) is 6.42 Å². The van der Waals surface area contributed by atoms with Crippen molar-refractivity contribution in [3.8, 4) is 0 Å². The summed E-state index contributed by atoms with van der Waals surface area (Å²) in [6.45, 7) is 0. The topological polar surface area (TPSA) is 17.1 Å². The first-order chi connectivity index (χ1) is 7.86. The minimum Gasteiger partial charge on any atom is -1.00 e. The first kappa shape index (κ1) is 14.2. The van der Waals surface area contributed by atoms with E-state index in [9.17, 15) is 4.79 Å². The van der Waals surface area contributed by atoms with Gasteiger partial charge in [-0.15, -0.1) is 0 Å². The third-order valence-corrected chi connectivity index (χ3v) is 2.57. The molecule has 1 unspecified atom stereocenters. The third-order valence-electron chi connectivity index (χ3n) is 2.57. The van der Waals surface area contributed by atoms with Crippen LogP contribution < -0.4 is 29.6 Å². The zero-order valence-electron chi connectivity index (χ0n) is 11.0. The molecule has 0 heterocycles. The van der Waals surface area contributed by atoms with Crippen molar-refractivity contribution in [1.82, 2.24) is 0 Å². The monoisotopic (exact) mass is 234 g/mol. The quantitative estimate of drug-likeness (QED) is 0.427. The molecule has 1 aromatic carbocycles. The van der Waals surface area contributed by atoms with Gasteiger partial charge in [0.2, 0.25) is 0 Å². The molecule has 0 N–H and O–H groups in total. The second-order valence-corrected chi connectivity index (χ2v) is 3.80. The number of hydrogen-bond acceptors (Lipinski definition) is 1. The molecule has 82 valence electrons. The first-order valence-corrected chi connectivity index (χ1v) is 5.47. The molecule has 0 fully saturated rings. The van der Waals surface area contributed by atoms with E-state index in [2.05, 4.69) is 12.2 Å². The van der Waals surface area contributed by atoms with Crippen LogP contribution in [0, 0.1) is 5.92 Å². The summed E-state index contributed by atoms with van der Waals surface area (Å²) in [4.78, 5) is 11.8. The first-order valence-electron chi connectivity index (χ1n) is 5.47. The Labute approximate surface area is 126 Å². The minimum absolute atomic E-state index is 0. The summed E-state index contributed by atoms with van der Waals surface area (Å²) in [5.74, 6) is 0.432. The SMILES string of the molecule is O=C(C=CC1C=CC=CC1)c1ccccc1.[H-].[Na+]. The fraction of sp³-hybridized carbons (Fsp3) is 0.133. The van der Waals surface area contributed by atoms with Gasteiger partial charge in [0, 0.05) is 5.56 Å². The zero-order valence-corrected chi connectivity index (χ0v) is 12.0. The summed E-state index contributed by atoms with van der Waals surface area (Å²) in [6, 6.07) is 9.34. The van der Waals surface area contributed by atoms with Crippen LogP contribution in [0.25, 0.3) is 0 Å². The van der Waals surface area contributed by atoms with Gasteiger partial charge in [0.25, 0.3) is 0 Å². The number of allylic oxidation sites excluding steroid dienone is 6. The predicted octanol–water partition coefficient (Wildman–Crippen LogP) is 0.674. The van der Waals surface area contributed by atoms with Gasteiger partial charge >= 0.3 is 29.6 Å². The van der Waals surface area contributed by atoms with Crippen LogP contribution in [0.5, 0.6) is 0 Å². The minimum atomic E-state index is 0. The standard InChI is InChI=1S/C15H14O.Na.H/c16-15(14-9-5-2-6-10-14)12-11-13-7-3-1-4-8-13;;/h1-7,9-13H,8H2;;/q;+1;-1. The van der Waals surface area contributed by atoms with Gasteiger partial charge in [-0.2, -0.15) is 0 Å². The largest absolute Gasteiger partial charge is 1.00 e. The molecular weight excluding hydrogens is 219 g/mol. The maximum absolute atomic E-state index is 11.8. The second-order valence-electron chi connectivity index (χ2n) is 3.80. The van der Waals surface area contributed by atoms with Crippen molar-refractivity contribution < 1.29 is 35.8 Å². The van der Waals surface area contributed by atoms with Crippen LogP contribution in [0.1, 0.15) is 18.2 Å². The number of hydrogen-bond donors (Lipinski definition) is 0. The molecule has 0 spiro atoms. The molecule has 0 bridgehead atoms. The van der Waals surface area contributed by atoms with E-state index in [1.165, 1.54) is 0 Å². The van der Waals surface area contributed by atoms with Crippen LogP contribution in [0.4, 0.5) is 0 Å². The van der Waals surface area contributed by atoms with Gasteiger partial charge in [0.05, 0.1) is 0 Å². The van der Waals surface area contributed by atoms with E-state index >= 15 is 0 Å². The van der Waals surface area contributed by atoms with E-state index in [4.69, 9.17) is 0 Å². The number of benzene rings is 1. The Bertz CT molecular complexity index is 449. The average molecular weight is 234 g/mol. The van der Waals surface area contributed by atoms with E-state index in [1.807, 2.05) is 48.6 Å². The van der Waals surface area contributed by atoms with Crippen molar-refractivity contribution in [1.29, 1.82) is 0 Å². The Morgan fingerprint density at radius 3 is 2.65 bits per heavy atom. The van der Waals surface area contributed by atoms with Crippen LogP contribution in [-0.2, 0) is 0 Å². The smallest absolute Gasteiger partial charge is 1.00 e. The molecule has 1 aliphatic rings. The van der Waals surface area contributed by atoms with Gasteiger partial charge in [-0.05, 0) is 18.4 Å². The molecular formula is C15H15NaO. The summed E-state index contributed by atoms with van der Waals surface area (Å²) in [5, 5.41) is 0. The number of carbonyl (C=O) groups excluding carboxylic acids is 1. The predicted molar refractivity (Wildman–Crippen MR) is 67.4 cm³/mol. The molecule has 0 radical (unpaired) electrons. The van der Waals surface area contributed by atoms with E-state index < -0.39 is 0 Å². The number of carbonyl (C=O) groups is 1. The molecule has 0 saturated carbocycles. The fourth-order valence-electron chi connectivity index (χ4n) is 1.65. The fourth-order valence-corrected chi connectivity index (χ4v) is 1.65. The average Bonchev–Trinajstić information content (AvgIpc) is 2.38. The van der Waals surface area contributed by atoms with Crippen LogP contribution in [-0.4, -0.2) is 5.78 Å². The van der Waals surface area contributed by atoms with E-state index in [1.54, 1.807) is 6.08 Å². The van der Waals surface area contributed by atoms with E-state index in [0.29, 0.717) is 5.92 Å². The van der Waals surface area contributed by atoms with Crippen molar-refractivity contribution in [2.75, 3.05) is 0 Å². The molecule has 0 aromatic heterocycles. The summed E-state index contributed by atoms with van der Waals surface area (Å²) < 4.78 is 0. The summed E-state index contributed by atoms with van der Waals surface area (Å²) >= 11 is 0. The van der Waals surface area contributed by atoms with Crippen molar-refractivity contribution >= 4 is 5.78 Å². The van der Waals surface area contributed by atoms with Crippen molar-refractivity contribution in [3.05, 3.63) is 72.4 Å². The molecule has 2 heteroatoms. The molecule has 2 rings (SSSR count). The van der Waals surface area contributed by atoms with Crippen LogP contribution in [0.3, 0.4) is 0 Å². The molecule has 0 amide bonds. The molecule has 1 atom stereocenters. The molecule has 0 aliphatic heterocycles. The molecule has 17 heavy (non-hydrogen) atoms. The Morgan fingerprint density at radius 1 is 1.24 bits per heavy atom. The maximum atomic E-state index is 11.8. The Kier molecular flexibility index (Phi) is 6.20. The zero-order chi connectivity index (χ0) is 11.2. The van der Waals surface area contributed by atoms with E-state index in [0.717, 1.165) is 12.0 Å². The van der Waals surface area contributed by atoms with Gasteiger partial charge < -0.3 is 1.43 Å². The summed E-state index contributed by atoms with van der Waals surface area (Å²) in [5.41, 5.74) is 0.745. The van der Waals surface area contributed by atoms with Crippen molar-refractivity contribution in [3.63, 3.8) is 0 Å². The van der Waals surface area contributed by atoms with Gasteiger partial charge in [0.1, 0.15) is 0 Å². The summed E-state index contributed by atoms with van der Waals surface area (Å²) in [6.07, 6.45) is 12.9. The van der Waals surface area contributed by atoms with Gasteiger partial charge in [-0.25, -0.2) is 0 Å². The van der Waals surface area contributed by atoms with Crippen LogP contribution in [0.2, 0.25) is 0 Å². The molecule has 1 nitrogen and oxygen atoms in total. The molecule has 1 aliphatic carbocycles. The Hall–Kier alpha value is -0.890. The van der Waals surface area contributed by atoms with Gasteiger partial charge in [-0.1, -0.05) is 60.7 Å². The van der Waals surface area contributed by atoms with Crippen molar-refractivity contribution in [2.24, 2.45) is 5.92 Å². The maximum Gasteiger partial charge on any atom is 1.00 e. The Morgan fingerprint density at radius 2 is 2.00 bits per heavy atom. The van der Waals surface area contributed by atoms with Gasteiger partial charge in [-0.3, -0.25) is 4.79 Å². The number of rotatable bonds is 3. The van der Waals surface area contributed by atoms with Gasteiger partial charge in [0.15, 0.2) is 5.78 Å². The molecule has 1 aromatic rings. The number of ketones is 1. The third kappa shape index (κ3) is 4.47. The second kappa shape index (κ2) is 7.44. The Balaban J connectivity index is 0.00000144. The van der Waals surface area contributed by atoms with Crippen LogP contribution >= 0.6 is 0 Å². The normalized spacial score (nSPS) is 18.0. The summed E-state index contributed by atoms with van der Waals surface area (Å²) in [7, 11) is 0. The molecule has 0 saturated heterocycles. The van der Waals surface area contributed by atoms with Crippen LogP contribution in [0.15, 0.2) is 66.8 Å². The van der Waals surface area contributed by atoms with E-state index in [-0.39, 0.29) is 36.8 Å².